The van der Waals surface area contributed by atoms with Gasteiger partial charge in [-0.25, -0.2) is 0 Å². The van der Waals surface area contributed by atoms with Gasteiger partial charge in [-0.2, -0.15) is 0 Å². The van der Waals surface area contributed by atoms with Crippen molar-refractivity contribution in [2.24, 2.45) is 0 Å². The quantitative estimate of drug-likeness (QED) is 0.684. The number of halogens is 1. The van der Waals surface area contributed by atoms with E-state index in [0.29, 0.717) is 35.6 Å². The minimum absolute atomic E-state index is 0.157. The Bertz CT molecular complexity index is 614. The number of hydrogen-bond acceptors (Lipinski definition) is 5. The summed E-state index contributed by atoms with van der Waals surface area (Å²) in [5.74, 6) is 0.477. The van der Waals surface area contributed by atoms with Crippen LogP contribution in [0.15, 0.2) is 18.2 Å². The third kappa shape index (κ3) is 6.07. The molecule has 1 aromatic rings. The molecule has 0 saturated carbocycles. The lowest BCUT2D eigenvalue weighted by Gasteiger charge is -2.33. The van der Waals surface area contributed by atoms with Crippen LogP contribution in [-0.2, 0) is 9.47 Å². The van der Waals surface area contributed by atoms with E-state index < -0.39 is 0 Å². The molecule has 7 heteroatoms. The number of carbonyl (C=O) groups is 1. The Morgan fingerprint density at radius 3 is 2.81 bits per heavy atom. The van der Waals surface area contributed by atoms with Crippen LogP contribution < -0.4 is 10.1 Å². The second kappa shape index (κ2) is 10.3. The fourth-order valence-electron chi connectivity index (χ4n) is 3.57. The van der Waals surface area contributed by atoms with Gasteiger partial charge in [-0.3, -0.25) is 4.79 Å². The van der Waals surface area contributed by atoms with Crippen LogP contribution in [0.2, 0.25) is 5.02 Å². The standard InChI is InChI=1S/C20H29ClN2O4/c1-25-12-8-22-20(24)15-4-5-19(18(21)13-15)27-16-6-9-23(10-7-16)14-17-3-2-11-26-17/h4-5,13,16-17H,2-3,6-12,14H2,1H3,(H,22,24). The van der Waals surface area contributed by atoms with Crippen molar-refractivity contribution in [2.75, 3.05) is 46.5 Å². The van der Waals surface area contributed by atoms with E-state index >= 15 is 0 Å². The zero-order valence-corrected chi connectivity index (χ0v) is 16.7. The minimum Gasteiger partial charge on any atom is -0.489 e. The maximum Gasteiger partial charge on any atom is 0.251 e. The molecule has 2 saturated heterocycles. The Morgan fingerprint density at radius 2 is 2.15 bits per heavy atom. The number of benzene rings is 1. The third-order valence-electron chi connectivity index (χ3n) is 5.10. The van der Waals surface area contributed by atoms with Gasteiger partial charge in [0.1, 0.15) is 11.9 Å². The number of methoxy groups -OCH3 is 1. The van der Waals surface area contributed by atoms with Gasteiger partial charge in [0.25, 0.3) is 5.91 Å². The first-order valence-electron chi connectivity index (χ1n) is 9.73. The second-order valence-electron chi connectivity index (χ2n) is 7.15. The van der Waals surface area contributed by atoms with Crippen molar-refractivity contribution in [1.29, 1.82) is 0 Å². The predicted octanol–water partition coefficient (Wildman–Crippen LogP) is 2.74. The zero-order chi connectivity index (χ0) is 19.1. The molecule has 1 amide bonds. The van der Waals surface area contributed by atoms with Crippen molar-refractivity contribution < 1.29 is 19.0 Å². The first-order chi connectivity index (χ1) is 13.2. The molecule has 1 unspecified atom stereocenters. The minimum atomic E-state index is -0.164. The number of ether oxygens (including phenoxy) is 3. The van der Waals surface area contributed by atoms with Crippen molar-refractivity contribution in [3.05, 3.63) is 28.8 Å². The van der Waals surface area contributed by atoms with E-state index in [9.17, 15) is 4.79 Å². The molecule has 2 heterocycles. The van der Waals surface area contributed by atoms with E-state index in [0.717, 1.165) is 39.1 Å². The number of likely N-dealkylation sites (tertiary alicyclic amines) is 1. The first-order valence-corrected chi connectivity index (χ1v) is 10.1. The molecule has 1 atom stereocenters. The molecular formula is C20H29ClN2O4. The molecule has 0 aromatic heterocycles. The molecule has 0 radical (unpaired) electrons. The van der Waals surface area contributed by atoms with Crippen LogP contribution in [0.5, 0.6) is 5.75 Å². The molecule has 1 aromatic carbocycles. The fraction of sp³-hybridized carbons (Fsp3) is 0.650. The number of rotatable bonds is 8. The highest BCUT2D eigenvalue weighted by Crippen LogP contribution is 2.28. The molecule has 2 fully saturated rings. The summed E-state index contributed by atoms with van der Waals surface area (Å²) in [5, 5.41) is 3.25. The number of hydrogen-bond donors (Lipinski definition) is 1. The lowest BCUT2D eigenvalue weighted by atomic mass is 10.1. The summed E-state index contributed by atoms with van der Waals surface area (Å²) in [4.78, 5) is 14.5. The second-order valence-corrected chi connectivity index (χ2v) is 7.55. The Morgan fingerprint density at radius 1 is 1.33 bits per heavy atom. The van der Waals surface area contributed by atoms with Gasteiger partial charge in [-0.15, -0.1) is 0 Å². The van der Waals surface area contributed by atoms with E-state index in [4.69, 9.17) is 25.8 Å². The largest absolute Gasteiger partial charge is 0.489 e. The maximum atomic E-state index is 12.1. The number of nitrogens with zero attached hydrogens (tertiary/aromatic N) is 1. The van der Waals surface area contributed by atoms with E-state index in [-0.39, 0.29) is 12.0 Å². The molecule has 3 rings (SSSR count). The summed E-state index contributed by atoms with van der Waals surface area (Å²) in [7, 11) is 1.60. The van der Waals surface area contributed by atoms with Crippen molar-refractivity contribution in [2.45, 2.75) is 37.9 Å². The monoisotopic (exact) mass is 396 g/mol. The predicted molar refractivity (Wildman–Crippen MR) is 105 cm³/mol. The summed E-state index contributed by atoms with van der Waals surface area (Å²) >= 11 is 6.34. The van der Waals surface area contributed by atoms with Crippen molar-refractivity contribution in [3.63, 3.8) is 0 Å². The van der Waals surface area contributed by atoms with Gasteiger partial charge in [0.2, 0.25) is 0 Å². The lowest BCUT2D eigenvalue weighted by molar-refractivity contribution is 0.0441. The van der Waals surface area contributed by atoms with Crippen molar-refractivity contribution in [1.82, 2.24) is 10.2 Å². The molecule has 1 N–H and O–H groups in total. The maximum absolute atomic E-state index is 12.1. The molecule has 27 heavy (non-hydrogen) atoms. The summed E-state index contributed by atoms with van der Waals surface area (Å²) in [6, 6.07) is 5.19. The average Bonchev–Trinajstić information content (AvgIpc) is 3.18. The van der Waals surface area contributed by atoms with Gasteiger partial charge in [-0.1, -0.05) is 11.6 Å². The third-order valence-corrected chi connectivity index (χ3v) is 5.40. The number of carbonyl (C=O) groups excluding carboxylic acids is 1. The topological polar surface area (TPSA) is 60.0 Å². The molecule has 2 aliphatic rings. The van der Waals surface area contributed by atoms with E-state index in [2.05, 4.69) is 10.2 Å². The van der Waals surface area contributed by atoms with Gasteiger partial charge in [-0.05, 0) is 43.9 Å². The highest BCUT2D eigenvalue weighted by molar-refractivity contribution is 6.32. The normalized spacial score (nSPS) is 21.3. The molecule has 0 bridgehead atoms. The van der Waals surface area contributed by atoms with Gasteiger partial charge < -0.3 is 24.4 Å². The number of piperidine rings is 1. The van der Waals surface area contributed by atoms with Crippen LogP contribution in [0.25, 0.3) is 0 Å². The van der Waals surface area contributed by atoms with Crippen LogP contribution >= 0.6 is 11.6 Å². The zero-order valence-electron chi connectivity index (χ0n) is 15.9. The molecule has 0 spiro atoms. The Kier molecular flexibility index (Phi) is 7.76. The highest BCUT2D eigenvalue weighted by Gasteiger charge is 2.25. The van der Waals surface area contributed by atoms with Gasteiger partial charge in [0, 0.05) is 45.5 Å². The van der Waals surface area contributed by atoms with E-state index in [1.54, 1.807) is 25.3 Å². The molecule has 0 aliphatic carbocycles. The highest BCUT2D eigenvalue weighted by atomic mass is 35.5. The smallest absolute Gasteiger partial charge is 0.251 e. The SMILES string of the molecule is COCCNC(=O)c1ccc(OC2CCN(CC3CCCO3)CC2)c(Cl)c1. The molecule has 2 aliphatic heterocycles. The van der Waals surface area contributed by atoms with Crippen LogP contribution in [0, 0.1) is 0 Å². The average molecular weight is 397 g/mol. The summed E-state index contributed by atoms with van der Waals surface area (Å²) in [6.45, 7) is 4.91. The van der Waals surface area contributed by atoms with E-state index in [1.165, 1.54) is 12.8 Å². The molecular weight excluding hydrogens is 368 g/mol. The van der Waals surface area contributed by atoms with Crippen LogP contribution in [0.4, 0.5) is 0 Å². The van der Waals surface area contributed by atoms with Crippen LogP contribution in [0.1, 0.15) is 36.0 Å². The summed E-state index contributed by atoms with van der Waals surface area (Å²) in [6.07, 6.45) is 4.87. The molecule has 6 nitrogen and oxygen atoms in total. The Hall–Kier alpha value is -1.34. The van der Waals surface area contributed by atoms with Crippen LogP contribution in [0.3, 0.4) is 0 Å². The Labute approximate surface area is 166 Å². The van der Waals surface area contributed by atoms with Crippen molar-refractivity contribution >= 4 is 17.5 Å². The Balaban J connectivity index is 1.46. The molecule has 150 valence electrons. The van der Waals surface area contributed by atoms with Crippen LogP contribution in [-0.4, -0.2) is 69.5 Å². The van der Waals surface area contributed by atoms with Gasteiger partial charge in [0.05, 0.1) is 17.7 Å². The van der Waals surface area contributed by atoms with E-state index in [1.807, 2.05) is 0 Å². The fourth-order valence-corrected chi connectivity index (χ4v) is 3.80. The number of amides is 1. The van der Waals surface area contributed by atoms with Gasteiger partial charge in [0.15, 0.2) is 0 Å². The van der Waals surface area contributed by atoms with Crippen molar-refractivity contribution in [3.8, 4) is 5.75 Å². The lowest BCUT2D eigenvalue weighted by Crippen LogP contribution is -2.41. The summed E-state index contributed by atoms with van der Waals surface area (Å²) in [5.41, 5.74) is 0.523. The summed E-state index contributed by atoms with van der Waals surface area (Å²) < 4.78 is 16.8. The first kappa shape index (κ1) is 20.4. The number of nitrogens with one attached hydrogen (secondary N) is 1. The van der Waals surface area contributed by atoms with Gasteiger partial charge >= 0.3 is 0 Å².